The number of aliphatic hydroxyl groups is 1. The third kappa shape index (κ3) is 5.75. The summed E-state index contributed by atoms with van der Waals surface area (Å²) >= 11 is 0. The molecule has 7 rings (SSSR count). The molecular weight excluding hydrogens is 673 g/mol. The molecule has 51 heavy (non-hydrogen) atoms. The molecule has 3 aromatic carbocycles. The minimum absolute atomic E-state index is 0.00489. The molecule has 0 spiro atoms. The third-order valence-corrected chi connectivity index (χ3v) is 10.4. The van der Waals surface area contributed by atoms with E-state index >= 15 is 0 Å². The number of fused-ring (bicyclic) bond motifs is 9. The molecular formula is C37H37F3N2O9. The largest absolute Gasteiger partial charge is 0.504 e. The fraction of sp³-hybridized carbons (Fsp3) is 0.405. The van der Waals surface area contributed by atoms with Crippen molar-refractivity contribution in [3.63, 3.8) is 0 Å². The number of aryl methyl sites for hydroxylation is 1. The highest BCUT2D eigenvalue weighted by atomic mass is 19.4. The van der Waals surface area contributed by atoms with E-state index in [2.05, 4.69) is 0 Å². The Balaban J connectivity index is 1.33. The summed E-state index contributed by atoms with van der Waals surface area (Å²) in [5.41, 5.74) is 3.22. The second kappa shape index (κ2) is 12.8. The van der Waals surface area contributed by atoms with Crippen LogP contribution in [0.25, 0.3) is 6.08 Å². The first kappa shape index (κ1) is 34.6. The van der Waals surface area contributed by atoms with Crippen LogP contribution in [0.3, 0.4) is 0 Å². The molecule has 11 nitrogen and oxygen atoms in total. The van der Waals surface area contributed by atoms with E-state index in [1.54, 1.807) is 6.92 Å². The van der Waals surface area contributed by atoms with Crippen molar-refractivity contribution >= 4 is 18.0 Å². The van der Waals surface area contributed by atoms with Crippen LogP contribution in [0.1, 0.15) is 63.5 Å². The summed E-state index contributed by atoms with van der Waals surface area (Å²) in [6.07, 6.45) is -2.73. The minimum atomic E-state index is -4.55. The average molecular weight is 711 g/mol. The Labute approximate surface area is 291 Å². The van der Waals surface area contributed by atoms with Gasteiger partial charge in [-0.15, -0.1) is 0 Å². The number of benzene rings is 3. The number of methoxy groups -OCH3 is 1. The lowest BCUT2D eigenvalue weighted by Crippen LogP contribution is -2.68. The fourth-order valence-electron chi connectivity index (χ4n) is 8.27. The van der Waals surface area contributed by atoms with Crippen molar-refractivity contribution in [3.05, 3.63) is 80.9 Å². The predicted octanol–water partition coefficient (Wildman–Crippen LogP) is 5.14. The quantitative estimate of drug-likeness (QED) is 0.201. The van der Waals surface area contributed by atoms with Crippen LogP contribution in [0, 0.1) is 13.8 Å². The number of hydrogen-bond acceptors (Lipinski definition) is 11. The van der Waals surface area contributed by atoms with Crippen LogP contribution in [-0.2, 0) is 33.3 Å². The number of hydrogen-bond donors (Lipinski definition) is 2. The zero-order valence-corrected chi connectivity index (χ0v) is 28.5. The Morgan fingerprint density at radius 3 is 2.51 bits per heavy atom. The first-order chi connectivity index (χ1) is 24.2. The highest BCUT2D eigenvalue weighted by Gasteiger charge is 2.56. The highest BCUT2D eigenvalue weighted by Crippen LogP contribution is 2.58. The number of piperazine rings is 1. The number of nitrogens with zero attached hydrogens (tertiary/aromatic N) is 2. The molecule has 0 amide bonds. The summed E-state index contributed by atoms with van der Waals surface area (Å²) in [6, 6.07) is 4.17. The normalized spacial score (nSPS) is 23.7. The molecule has 4 aliphatic rings. The molecule has 5 atom stereocenters. The summed E-state index contributed by atoms with van der Waals surface area (Å²) < 4.78 is 68.7. The molecule has 2 N–H and O–H groups in total. The first-order valence-corrected chi connectivity index (χ1v) is 16.4. The SMILES string of the molecule is COc1c(C)cc2c(c1O)[C@@H]1C3Cc4c(OC(C)=O)c(C)c5c(c4[C@H](COC(=O)C=Cc4cccc(C(F)(F)F)c4)N3[C@@H](O)[C@H](C2)N1C)OCO5. The van der Waals surface area contributed by atoms with E-state index in [1.807, 2.05) is 29.8 Å². The lowest BCUT2D eigenvalue weighted by Gasteiger charge is -2.60. The number of aliphatic hydroxyl groups excluding tert-OH is 1. The van der Waals surface area contributed by atoms with Gasteiger partial charge in [-0.3, -0.25) is 14.6 Å². The van der Waals surface area contributed by atoms with Gasteiger partial charge in [-0.25, -0.2) is 4.79 Å². The number of esters is 2. The number of phenolic OH excluding ortho intramolecular Hbond substituents is 1. The number of aromatic hydroxyl groups is 1. The molecule has 270 valence electrons. The van der Waals surface area contributed by atoms with E-state index in [0.717, 1.165) is 29.3 Å². The standard InChI is InChI=1S/C37H37F3N2O9/c1-17-11-21-13-25-36(46)42-24(30(41(25)4)28(21)31(45)32(17)47-5)14-23-29(35-34(49-16-50-35)18(2)33(23)51-19(3)43)26(42)15-48-27(44)10-9-20-7-6-8-22(12-20)37(38,39)40/h6-12,24-26,30,36,45-46H,13-16H2,1-5H3/t24?,25-,26-,30-,36-/m0/s1. The van der Waals surface area contributed by atoms with Crippen LogP contribution in [0.4, 0.5) is 13.2 Å². The zero-order valence-electron chi connectivity index (χ0n) is 28.5. The van der Waals surface area contributed by atoms with Gasteiger partial charge in [0, 0.05) is 41.3 Å². The van der Waals surface area contributed by atoms with Gasteiger partial charge in [0.25, 0.3) is 0 Å². The Morgan fingerprint density at radius 1 is 1.06 bits per heavy atom. The molecule has 0 aliphatic carbocycles. The summed E-state index contributed by atoms with van der Waals surface area (Å²) in [5, 5.41) is 23.8. The maximum atomic E-state index is 13.3. The van der Waals surface area contributed by atoms with E-state index in [0.29, 0.717) is 45.9 Å². The number of ether oxygens (including phenoxy) is 5. The molecule has 1 unspecified atom stereocenters. The van der Waals surface area contributed by atoms with Crippen molar-refractivity contribution in [1.82, 2.24) is 9.80 Å². The van der Waals surface area contributed by atoms with Crippen molar-refractivity contribution in [2.45, 2.75) is 70.2 Å². The van der Waals surface area contributed by atoms with Crippen LogP contribution in [0.5, 0.6) is 28.7 Å². The second-order valence-electron chi connectivity index (χ2n) is 13.3. The Morgan fingerprint density at radius 2 is 1.80 bits per heavy atom. The number of alkyl halides is 3. The van der Waals surface area contributed by atoms with Gasteiger partial charge in [0.2, 0.25) is 6.79 Å². The van der Waals surface area contributed by atoms with Gasteiger partial charge in [0.1, 0.15) is 18.6 Å². The van der Waals surface area contributed by atoms with Crippen LogP contribution >= 0.6 is 0 Å². The van der Waals surface area contributed by atoms with E-state index < -0.39 is 54.1 Å². The Hall–Kier alpha value is -4.79. The van der Waals surface area contributed by atoms with Crippen molar-refractivity contribution < 1.29 is 56.7 Å². The molecule has 4 aliphatic heterocycles. The maximum absolute atomic E-state index is 13.3. The van der Waals surface area contributed by atoms with Gasteiger partial charge >= 0.3 is 18.1 Å². The topological polar surface area (TPSA) is 127 Å². The smallest absolute Gasteiger partial charge is 0.416 e. The van der Waals surface area contributed by atoms with Crippen molar-refractivity contribution in [2.24, 2.45) is 0 Å². The molecule has 0 radical (unpaired) electrons. The summed E-state index contributed by atoms with van der Waals surface area (Å²) in [5.74, 6) is -0.0639. The molecule has 14 heteroatoms. The Bertz CT molecular complexity index is 1960. The van der Waals surface area contributed by atoms with Crippen molar-refractivity contribution in [1.29, 1.82) is 0 Å². The molecule has 1 saturated heterocycles. The number of carbonyl (C=O) groups excluding carboxylic acids is 2. The fourth-order valence-corrected chi connectivity index (χ4v) is 8.27. The maximum Gasteiger partial charge on any atom is 0.416 e. The second-order valence-corrected chi connectivity index (χ2v) is 13.3. The number of likely N-dealkylation sites (N-methyl/N-ethyl adjacent to an activating group) is 1. The number of phenols is 1. The highest BCUT2D eigenvalue weighted by molar-refractivity contribution is 5.87. The average Bonchev–Trinajstić information content (AvgIpc) is 3.57. The van der Waals surface area contributed by atoms with Crippen LogP contribution in [0.2, 0.25) is 0 Å². The van der Waals surface area contributed by atoms with E-state index in [1.165, 1.54) is 32.2 Å². The van der Waals surface area contributed by atoms with Gasteiger partial charge < -0.3 is 33.9 Å². The van der Waals surface area contributed by atoms with Crippen LogP contribution in [-0.4, -0.2) is 77.8 Å². The number of carbonyl (C=O) groups is 2. The van der Waals surface area contributed by atoms with Crippen LogP contribution < -0.4 is 18.9 Å². The minimum Gasteiger partial charge on any atom is -0.504 e. The number of halogens is 3. The third-order valence-electron chi connectivity index (χ3n) is 10.4. The van der Waals surface area contributed by atoms with Crippen molar-refractivity contribution in [2.75, 3.05) is 27.6 Å². The molecule has 1 fully saturated rings. The zero-order chi connectivity index (χ0) is 36.5. The van der Waals surface area contributed by atoms with Gasteiger partial charge in [-0.1, -0.05) is 18.2 Å². The molecule has 4 heterocycles. The predicted molar refractivity (Wildman–Crippen MR) is 176 cm³/mol. The lowest BCUT2D eigenvalue weighted by atomic mass is 9.73. The van der Waals surface area contributed by atoms with Gasteiger partial charge in [0.15, 0.2) is 23.0 Å². The van der Waals surface area contributed by atoms with Crippen molar-refractivity contribution in [3.8, 4) is 28.7 Å². The molecule has 2 bridgehead atoms. The molecule has 3 aromatic rings. The molecule has 0 aromatic heterocycles. The van der Waals surface area contributed by atoms with E-state index in [4.69, 9.17) is 23.7 Å². The summed E-state index contributed by atoms with van der Waals surface area (Å²) in [4.78, 5) is 29.5. The van der Waals surface area contributed by atoms with Gasteiger partial charge in [-0.2, -0.15) is 13.2 Å². The first-order valence-electron chi connectivity index (χ1n) is 16.4. The van der Waals surface area contributed by atoms with E-state index in [-0.39, 0.29) is 36.9 Å². The van der Waals surface area contributed by atoms with Gasteiger partial charge in [-0.05, 0) is 68.6 Å². The number of rotatable bonds is 6. The van der Waals surface area contributed by atoms with E-state index in [9.17, 15) is 33.0 Å². The lowest BCUT2D eigenvalue weighted by molar-refractivity contribution is -0.182. The summed E-state index contributed by atoms with van der Waals surface area (Å²) in [6.45, 7) is 4.45. The Kier molecular flexibility index (Phi) is 8.67. The van der Waals surface area contributed by atoms with Gasteiger partial charge in [0.05, 0.1) is 30.8 Å². The summed E-state index contributed by atoms with van der Waals surface area (Å²) in [7, 11) is 3.37. The molecule has 0 saturated carbocycles. The monoisotopic (exact) mass is 710 g/mol. The van der Waals surface area contributed by atoms with Crippen LogP contribution in [0.15, 0.2) is 36.4 Å².